The molecule has 0 unspecified atom stereocenters. The number of esters is 1. The average Bonchev–Trinajstić information content (AvgIpc) is 2.86. The number of ether oxygens (including phenoxy) is 1. The number of furan rings is 1. The van der Waals surface area contributed by atoms with Gasteiger partial charge in [-0.1, -0.05) is 0 Å². The molecule has 4 nitrogen and oxygen atoms in total. The number of hydrogen-bond acceptors (Lipinski definition) is 5. The molecular weight excluding hydrogens is 262 g/mol. The summed E-state index contributed by atoms with van der Waals surface area (Å²) < 4.78 is 10.6. The van der Waals surface area contributed by atoms with Crippen molar-refractivity contribution < 1.29 is 13.9 Å². The highest BCUT2D eigenvalue weighted by Gasteiger charge is 2.47. The first-order valence-corrected chi connectivity index (χ1v) is 7.09. The third-order valence-electron chi connectivity index (χ3n) is 3.41. The van der Waals surface area contributed by atoms with Gasteiger partial charge in [0, 0.05) is 10.8 Å². The molecule has 0 amide bonds. The lowest BCUT2D eigenvalue weighted by Gasteiger charge is -2.01. The molecule has 0 spiro atoms. The van der Waals surface area contributed by atoms with Crippen LogP contribution in [0.1, 0.15) is 33.7 Å². The second-order valence-corrected chi connectivity index (χ2v) is 6.11. The lowest BCUT2D eigenvalue weighted by Crippen LogP contribution is -2.07. The van der Waals surface area contributed by atoms with E-state index in [4.69, 9.17) is 9.15 Å². The van der Waals surface area contributed by atoms with Crippen LogP contribution in [0.3, 0.4) is 0 Å². The van der Waals surface area contributed by atoms with Crippen LogP contribution in [0.2, 0.25) is 0 Å². The monoisotopic (exact) mass is 277 g/mol. The fourth-order valence-electron chi connectivity index (χ4n) is 2.11. The minimum Gasteiger partial charge on any atom is -0.469 e. The number of carbonyl (C=O) groups excluding carboxylic acids is 1. The molecule has 1 aliphatic rings. The van der Waals surface area contributed by atoms with E-state index < -0.39 is 0 Å². The maximum atomic E-state index is 11.9. The first kappa shape index (κ1) is 12.4. The Labute approximate surface area is 115 Å². The van der Waals surface area contributed by atoms with Gasteiger partial charge in [-0.05, 0) is 32.4 Å². The highest BCUT2D eigenvalue weighted by Crippen LogP contribution is 2.48. The van der Waals surface area contributed by atoms with E-state index in [1.54, 1.807) is 17.6 Å². The van der Waals surface area contributed by atoms with Gasteiger partial charge in [-0.3, -0.25) is 4.79 Å². The van der Waals surface area contributed by atoms with Gasteiger partial charge in [-0.2, -0.15) is 0 Å². The Hall–Kier alpha value is -1.62. The molecule has 0 N–H and O–H groups in total. The van der Waals surface area contributed by atoms with Crippen LogP contribution in [0, 0.1) is 19.8 Å². The topological polar surface area (TPSA) is 52.3 Å². The molecule has 2 aromatic rings. The van der Waals surface area contributed by atoms with Crippen LogP contribution in [0.4, 0.5) is 0 Å². The van der Waals surface area contributed by atoms with E-state index in [0.29, 0.717) is 0 Å². The van der Waals surface area contributed by atoms with E-state index in [9.17, 15) is 4.79 Å². The SMILES string of the molecule is Cc1nc(COC(=O)[C@H]2C[C@H]2c2ccco2)sc1C. The van der Waals surface area contributed by atoms with Crippen molar-refractivity contribution in [2.24, 2.45) is 5.92 Å². The summed E-state index contributed by atoms with van der Waals surface area (Å²) in [6, 6.07) is 3.75. The lowest BCUT2D eigenvalue weighted by atomic mass is 10.2. The summed E-state index contributed by atoms with van der Waals surface area (Å²) in [6.07, 6.45) is 2.46. The quantitative estimate of drug-likeness (QED) is 0.805. The predicted molar refractivity (Wildman–Crippen MR) is 70.9 cm³/mol. The van der Waals surface area contributed by atoms with E-state index in [2.05, 4.69) is 4.98 Å². The Balaban J connectivity index is 1.53. The maximum Gasteiger partial charge on any atom is 0.310 e. The fourth-order valence-corrected chi connectivity index (χ4v) is 2.96. The second kappa shape index (κ2) is 4.81. The van der Waals surface area contributed by atoms with Crippen LogP contribution < -0.4 is 0 Å². The second-order valence-electron chi connectivity index (χ2n) is 4.82. The fraction of sp³-hybridized carbons (Fsp3) is 0.429. The molecule has 2 aromatic heterocycles. The zero-order chi connectivity index (χ0) is 13.4. The molecule has 100 valence electrons. The lowest BCUT2D eigenvalue weighted by molar-refractivity contribution is -0.146. The van der Waals surface area contributed by atoms with Crippen molar-refractivity contribution in [3.63, 3.8) is 0 Å². The molecule has 0 radical (unpaired) electrons. The maximum absolute atomic E-state index is 11.9. The Morgan fingerprint density at radius 3 is 3.05 bits per heavy atom. The first-order valence-electron chi connectivity index (χ1n) is 6.28. The number of thiazole rings is 1. The van der Waals surface area contributed by atoms with E-state index in [-0.39, 0.29) is 24.4 Å². The van der Waals surface area contributed by atoms with Gasteiger partial charge >= 0.3 is 5.97 Å². The molecule has 1 aliphatic carbocycles. The zero-order valence-electron chi connectivity index (χ0n) is 10.9. The first-order chi connectivity index (χ1) is 9.15. The van der Waals surface area contributed by atoms with Crippen molar-refractivity contribution in [3.05, 3.63) is 39.7 Å². The van der Waals surface area contributed by atoms with Crippen molar-refractivity contribution in [2.75, 3.05) is 0 Å². The number of aromatic nitrogens is 1. The van der Waals surface area contributed by atoms with Gasteiger partial charge in [0.25, 0.3) is 0 Å². The number of carbonyl (C=O) groups is 1. The molecule has 5 heteroatoms. The van der Waals surface area contributed by atoms with Gasteiger partial charge in [0.2, 0.25) is 0 Å². The molecule has 3 rings (SSSR count). The summed E-state index contributed by atoms with van der Waals surface area (Å²) in [4.78, 5) is 17.4. The summed E-state index contributed by atoms with van der Waals surface area (Å²) in [5.41, 5.74) is 1.01. The molecule has 0 saturated heterocycles. The number of nitrogens with zero attached hydrogens (tertiary/aromatic N) is 1. The Morgan fingerprint density at radius 1 is 1.58 bits per heavy atom. The summed E-state index contributed by atoms with van der Waals surface area (Å²) in [5.74, 6) is 0.880. The molecule has 0 bridgehead atoms. The van der Waals surface area contributed by atoms with E-state index in [0.717, 1.165) is 22.9 Å². The molecule has 19 heavy (non-hydrogen) atoms. The van der Waals surface area contributed by atoms with Crippen molar-refractivity contribution in [2.45, 2.75) is 32.8 Å². The van der Waals surface area contributed by atoms with Gasteiger partial charge in [-0.25, -0.2) is 4.98 Å². The third-order valence-corrected chi connectivity index (χ3v) is 4.46. The third kappa shape index (κ3) is 2.56. The smallest absolute Gasteiger partial charge is 0.310 e. The minimum atomic E-state index is -0.146. The number of hydrogen-bond donors (Lipinski definition) is 0. The van der Waals surface area contributed by atoms with Crippen LogP contribution in [0.25, 0.3) is 0 Å². The van der Waals surface area contributed by atoms with Gasteiger partial charge in [0.15, 0.2) is 0 Å². The Kier molecular flexibility index (Phi) is 3.14. The van der Waals surface area contributed by atoms with E-state index >= 15 is 0 Å². The molecule has 0 aliphatic heterocycles. The predicted octanol–water partition coefficient (Wildman–Crippen LogP) is 3.20. The normalized spacial score (nSPS) is 21.4. The van der Waals surface area contributed by atoms with Crippen molar-refractivity contribution in [3.8, 4) is 0 Å². The van der Waals surface area contributed by atoms with Crippen LogP contribution in [-0.2, 0) is 16.1 Å². The van der Waals surface area contributed by atoms with Crippen molar-refractivity contribution in [1.82, 2.24) is 4.98 Å². The van der Waals surface area contributed by atoms with Crippen LogP contribution in [-0.4, -0.2) is 11.0 Å². The van der Waals surface area contributed by atoms with Gasteiger partial charge in [0.1, 0.15) is 17.4 Å². The summed E-state index contributed by atoms with van der Waals surface area (Å²) in [7, 11) is 0. The Morgan fingerprint density at radius 2 is 2.42 bits per heavy atom. The van der Waals surface area contributed by atoms with Crippen molar-refractivity contribution in [1.29, 1.82) is 0 Å². The molecule has 1 saturated carbocycles. The molecule has 2 atom stereocenters. The van der Waals surface area contributed by atoms with Crippen LogP contribution in [0.15, 0.2) is 22.8 Å². The molecule has 1 fully saturated rings. The van der Waals surface area contributed by atoms with Crippen LogP contribution in [0.5, 0.6) is 0 Å². The number of rotatable bonds is 4. The summed E-state index contributed by atoms with van der Waals surface area (Å²) in [6.45, 7) is 4.26. The highest BCUT2D eigenvalue weighted by molar-refractivity contribution is 7.11. The molecule has 0 aromatic carbocycles. The minimum absolute atomic E-state index is 0.0479. The zero-order valence-corrected chi connectivity index (χ0v) is 11.7. The average molecular weight is 277 g/mol. The molecule has 2 heterocycles. The summed E-state index contributed by atoms with van der Waals surface area (Å²) >= 11 is 1.58. The van der Waals surface area contributed by atoms with Gasteiger partial charge in [-0.15, -0.1) is 11.3 Å². The standard InChI is InChI=1S/C14H15NO3S/c1-8-9(2)19-13(15-8)7-18-14(16)11-6-10(11)12-4-3-5-17-12/h3-5,10-11H,6-7H2,1-2H3/t10-,11+/m1/s1. The number of aryl methyl sites for hydroxylation is 2. The van der Waals surface area contributed by atoms with Crippen LogP contribution >= 0.6 is 11.3 Å². The van der Waals surface area contributed by atoms with Gasteiger partial charge < -0.3 is 9.15 Å². The molecular formula is C14H15NO3S. The van der Waals surface area contributed by atoms with E-state index in [1.807, 2.05) is 26.0 Å². The van der Waals surface area contributed by atoms with E-state index in [1.165, 1.54) is 4.88 Å². The van der Waals surface area contributed by atoms with Gasteiger partial charge in [0.05, 0.1) is 17.9 Å². The summed E-state index contributed by atoms with van der Waals surface area (Å²) in [5, 5.41) is 0.860. The Bertz CT molecular complexity index is 568. The largest absolute Gasteiger partial charge is 0.469 e. The highest BCUT2D eigenvalue weighted by atomic mass is 32.1. The van der Waals surface area contributed by atoms with Crippen molar-refractivity contribution >= 4 is 17.3 Å².